The maximum absolute atomic E-state index is 12.8. The van der Waals surface area contributed by atoms with Crippen molar-refractivity contribution in [1.82, 2.24) is 4.31 Å². The van der Waals surface area contributed by atoms with Crippen LogP contribution < -0.4 is 0 Å². The number of benzene rings is 1. The molecule has 0 atom stereocenters. The molecule has 21 heavy (non-hydrogen) atoms. The fourth-order valence-electron chi connectivity index (χ4n) is 1.80. The summed E-state index contributed by atoms with van der Waals surface area (Å²) in [5, 5.41) is 8.83. The van der Waals surface area contributed by atoms with E-state index < -0.39 is 15.6 Å². The largest absolute Gasteiger partial charge is 0.384 e. The summed E-state index contributed by atoms with van der Waals surface area (Å²) < 4.78 is 27.0. The fourth-order valence-corrected chi connectivity index (χ4v) is 3.50. The lowest BCUT2D eigenvalue weighted by Gasteiger charge is -2.34. The van der Waals surface area contributed by atoms with Gasteiger partial charge in [0.1, 0.15) is 6.61 Å². The Labute approximate surface area is 127 Å². The molecule has 0 saturated carbocycles. The SMILES string of the molecule is CCC(C)(C)N(C)S(=O)(=O)c1ccc(C)cc1C#CCO. The summed E-state index contributed by atoms with van der Waals surface area (Å²) in [6.07, 6.45) is 0.701. The highest BCUT2D eigenvalue weighted by atomic mass is 32.2. The van der Waals surface area contributed by atoms with Gasteiger partial charge in [0.15, 0.2) is 0 Å². The number of hydrogen-bond acceptors (Lipinski definition) is 3. The average molecular weight is 309 g/mol. The van der Waals surface area contributed by atoms with Crippen LogP contribution in [-0.2, 0) is 10.0 Å². The van der Waals surface area contributed by atoms with Crippen molar-refractivity contribution in [2.75, 3.05) is 13.7 Å². The van der Waals surface area contributed by atoms with Crippen molar-refractivity contribution in [2.45, 2.75) is 44.6 Å². The van der Waals surface area contributed by atoms with Crippen LogP contribution in [0.4, 0.5) is 0 Å². The lowest BCUT2D eigenvalue weighted by atomic mass is 10.0. The Morgan fingerprint density at radius 3 is 2.48 bits per heavy atom. The molecule has 0 unspecified atom stereocenters. The van der Waals surface area contributed by atoms with Crippen molar-refractivity contribution in [1.29, 1.82) is 0 Å². The minimum Gasteiger partial charge on any atom is -0.384 e. The lowest BCUT2D eigenvalue weighted by molar-refractivity contribution is 0.257. The topological polar surface area (TPSA) is 57.6 Å². The fraction of sp³-hybridized carbons (Fsp3) is 0.500. The van der Waals surface area contributed by atoms with Gasteiger partial charge in [0, 0.05) is 18.2 Å². The van der Waals surface area contributed by atoms with Crippen LogP contribution in [-0.4, -0.2) is 37.0 Å². The molecule has 0 spiro atoms. The maximum atomic E-state index is 12.8. The van der Waals surface area contributed by atoms with E-state index in [0.717, 1.165) is 5.56 Å². The Morgan fingerprint density at radius 2 is 1.95 bits per heavy atom. The number of sulfonamides is 1. The quantitative estimate of drug-likeness (QED) is 0.867. The zero-order valence-electron chi connectivity index (χ0n) is 13.3. The molecule has 116 valence electrons. The third-order valence-corrected chi connectivity index (χ3v) is 5.92. The van der Waals surface area contributed by atoms with E-state index in [1.54, 1.807) is 25.2 Å². The van der Waals surface area contributed by atoms with Crippen LogP contribution >= 0.6 is 0 Å². The summed E-state index contributed by atoms with van der Waals surface area (Å²) in [6.45, 7) is 7.30. The van der Waals surface area contributed by atoms with Gasteiger partial charge in [-0.1, -0.05) is 24.8 Å². The van der Waals surface area contributed by atoms with E-state index in [2.05, 4.69) is 11.8 Å². The van der Waals surface area contributed by atoms with E-state index in [9.17, 15) is 8.42 Å². The first-order valence-electron chi connectivity index (χ1n) is 6.86. The number of aliphatic hydroxyl groups excluding tert-OH is 1. The molecule has 0 aliphatic heterocycles. The minimum absolute atomic E-state index is 0.179. The molecule has 1 rings (SSSR count). The van der Waals surface area contributed by atoms with Gasteiger partial charge in [-0.2, -0.15) is 4.31 Å². The molecular weight excluding hydrogens is 286 g/mol. The molecule has 1 N–H and O–H groups in total. The summed E-state index contributed by atoms with van der Waals surface area (Å²) in [7, 11) is -2.05. The van der Waals surface area contributed by atoms with E-state index in [1.807, 2.05) is 27.7 Å². The van der Waals surface area contributed by atoms with Crippen molar-refractivity contribution in [2.24, 2.45) is 0 Å². The molecule has 1 aromatic carbocycles. The van der Waals surface area contributed by atoms with Crippen molar-refractivity contribution in [3.05, 3.63) is 29.3 Å². The molecule has 0 bridgehead atoms. The van der Waals surface area contributed by atoms with Gasteiger partial charge < -0.3 is 5.11 Å². The maximum Gasteiger partial charge on any atom is 0.244 e. The predicted octanol–water partition coefficient (Wildman–Crippen LogP) is 2.15. The predicted molar refractivity (Wildman–Crippen MR) is 84.5 cm³/mol. The smallest absolute Gasteiger partial charge is 0.244 e. The Hall–Kier alpha value is -1.35. The van der Waals surface area contributed by atoms with Gasteiger partial charge in [-0.3, -0.25) is 0 Å². The first-order chi connectivity index (χ1) is 9.66. The summed E-state index contributed by atoms with van der Waals surface area (Å²) in [5.74, 6) is 5.25. The second kappa shape index (κ2) is 6.61. The Bertz CT molecular complexity index is 666. The van der Waals surface area contributed by atoms with Crippen LogP contribution in [0.2, 0.25) is 0 Å². The van der Waals surface area contributed by atoms with E-state index in [0.29, 0.717) is 12.0 Å². The van der Waals surface area contributed by atoms with Crippen LogP contribution in [0.1, 0.15) is 38.3 Å². The number of hydrogen-bond donors (Lipinski definition) is 1. The van der Waals surface area contributed by atoms with E-state index in [-0.39, 0.29) is 11.5 Å². The third-order valence-electron chi connectivity index (χ3n) is 3.79. The number of nitrogens with zero attached hydrogens (tertiary/aromatic N) is 1. The van der Waals surface area contributed by atoms with Crippen LogP contribution in [0.25, 0.3) is 0 Å². The lowest BCUT2D eigenvalue weighted by Crippen LogP contribution is -2.44. The van der Waals surface area contributed by atoms with E-state index in [4.69, 9.17) is 5.11 Å². The summed E-state index contributed by atoms with van der Waals surface area (Å²) in [5.41, 5.74) is 0.863. The highest BCUT2D eigenvalue weighted by Crippen LogP contribution is 2.27. The molecule has 0 aliphatic rings. The van der Waals surface area contributed by atoms with Gasteiger partial charge in [-0.05, 0) is 44.9 Å². The monoisotopic (exact) mass is 309 g/mol. The van der Waals surface area contributed by atoms with Crippen LogP contribution in [0.3, 0.4) is 0 Å². The standard InChI is InChI=1S/C16H23NO3S/c1-6-16(3,4)17(5)21(19,20)15-10-9-13(2)12-14(15)8-7-11-18/h9-10,12,18H,6,11H2,1-5H3. The second-order valence-corrected chi connectivity index (χ2v) is 7.54. The van der Waals surface area contributed by atoms with Crippen LogP contribution in [0.5, 0.6) is 0 Å². The van der Waals surface area contributed by atoms with Crippen molar-refractivity contribution < 1.29 is 13.5 Å². The minimum atomic E-state index is -3.64. The Kier molecular flexibility index (Phi) is 5.57. The first kappa shape index (κ1) is 17.7. The van der Waals surface area contributed by atoms with Gasteiger partial charge in [-0.25, -0.2) is 8.42 Å². The zero-order valence-corrected chi connectivity index (χ0v) is 14.1. The Balaban J connectivity index is 3.45. The molecule has 0 radical (unpaired) electrons. The second-order valence-electron chi connectivity index (χ2n) is 5.60. The molecule has 1 aromatic rings. The van der Waals surface area contributed by atoms with Crippen LogP contribution in [0, 0.1) is 18.8 Å². The first-order valence-corrected chi connectivity index (χ1v) is 8.30. The molecule has 0 fully saturated rings. The van der Waals surface area contributed by atoms with Crippen molar-refractivity contribution in [3.8, 4) is 11.8 Å². The van der Waals surface area contributed by atoms with Crippen LogP contribution in [0.15, 0.2) is 23.1 Å². The van der Waals surface area contributed by atoms with Gasteiger partial charge in [0.2, 0.25) is 10.0 Å². The van der Waals surface area contributed by atoms with Crippen molar-refractivity contribution in [3.63, 3.8) is 0 Å². The molecule has 4 nitrogen and oxygen atoms in total. The van der Waals surface area contributed by atoms with Gasteiger partial charge in [0.05, 0.1) is 4.90 Å². The van der Waals surface area contributed by atoms with E-state index in [1.165, 1.54) is 4.31 Å². The molecular formula is C16H23NO3S. The molecule has 0 aliphatic carbocycles. The highest BCUT2D eigenvalue weighted by Gasteiger charge is 2.33. The number of aryl methyl sites for hydroxylation is 1. The van der Waals surface area contributed by atoms with Gasteiger partial charge in [-0.15, -0.1) is 0 Å². The number of rotatable bonds is 4. The molecule has 0 saturated heterocycles. The molecule has 0 aromatic heterocycles. The summed E-state index contributed by atoms with van der Waals surface area (Å²) in [6, 6.07) is 5.06. The normalized spacial score (nSPS) is 12.1. The van der Waals surface area contributed by atoms with Gasteiger partial charge >= 0.3 is 0 Å². The zero-order chi connectivity index (χ0) is 16.3. The van der Waals surface area contributed by atoms with Crippen molar-refractivity contribution >= 4 is 10.0 Å². The summed E-state index contributed by atoms with van der Waals surface area (Å²) >= 11 is 0. The molecule has 0 amide bonds. The van der Waals surface area contributed by atoms with E-state index >= 15 is 0 Å². The third kappa shape index (κ3) is 3.85. The highest BCUT2D eigenvalue weighted by molar-refractivity contribution is 7.89. The Morgan fingerprint density at radius 1 is 1.33 bits per heavy atom. The molecule has 0 heterocycles. The van der Waals surface area contributed by atoms with Gasteiger partial charge in [0.25, 0.3) is 0 Å². The number of aliphatic hydroxyl groups is 1. The summed E-state index contributed by atoms with van der Waals surface area (Å²) in [4.78, 5) is 0.179. The average Bonchev–Trinajstić information content (AvgIpc) is 2.43. The molecule has 5 heteroatoms.